The molecule has 2 heterocycles. The highest BCUT2D eigenvalue weighted by Crippen LogP contribution is 2.37. The van der Waals surface area contributed by atoms with Gasteiger partial charge in [0.2, 0.25) is 0 Å². The van der Waals surface area contributed by atoms with Crippen LogP contribution < -0.4 is 5.73 Å². The molecule has 3 fully saturated rings. The summed E-state index contributed by atoms with van der Waals surface area (Å²) in [6.07, 6.45) is 5.56. The predicted octanol–water partition coefficient (Wildman–Crippen LogP) is 1.11. The van der Waals surface area contributed by atoms with Crippen molar-refractivity contribution in [3.63, 3.8) is 0 Å². The van der Waals surface area contributed by atoms with Gasteiger partial charge in [0.05, 0.1) is 19.3 Å². The molecule has 0 radical (unpaired) electrons. The van der Waals surface area contributed by atoms with Crippen LogP contribution in [-0.4, -0.2) is 61.8 Å². The van der Waals surface area contributed by atoms with Crippen LogP contribution in [0, 0.1) is 0 Å². The van der Waals surface area contributed by atoms with Gasteiger partial charge in [-0.25, -0.2) is 0 Å². The first-order chi connectivity index (χ1) is 9.72. The Hall–Kier alpha value is -0.200. The Morgan fingerprint density at radius 1 is 1.20 bits per heavy atom. The largest absolute Gasteiger partial charge is 0.377 e. The minimum absolute atomic E-state index is 0.217. The molecule has 20 heavy (non-hydrogen) atoms. The Morgan fingerprint density at radius 2 is 2.00 bits per heavy atom. The monoisotopic (exact) mass is 284 g/mol. The molecule has 0 amide bonds. The summed E-state index contributed by atoms with van der Waals surface area (Å²) in [7, 11) is 0. The number of nitrogens with zero attached hydrogens (tertiary/aromatic N) is 1. The van der Waals surface area contributed by atoms with Gasteiger partial charge in [-0.3, -0.25) is 4.90 Å². The zero-order valence-corrected chi connectivity index (χ0v) is 12.6. The van der Waals surface area contributed by atoms with E-state index in [1.54, 1.807) is 0 Å². The van der Waals surface area contributed by atoms with Gasteiger partial charge in [-0.2, -0.15) is 0 Å². The number of nitrogens with two attached hydrogens (primary N) is 1. The van der Waals surface area contributed by atoms with Gasteiger partial charge in [0.15, 0.2) is 5.79 Å². The minimum atomic E-state index is -0.357. The lowest BCUT2D eigenvalue weighted by atomic mass is 9.85. The molecule has 2 N–H and O–H groups in total. The Bertz CT molecular complexity index is 314. The Balaban J connectivity index is 1.64. The van der Waals surface area contributed by atoms with E-state index in [1.807, 2.05) is 0 Å². The van der Waals surface area contributed by atoms with E-state index in [-0.39, 0.29) is 11.8 Å². The number of rotatable bonds is 4. The van der Waals surface area contributed by atoms with Gasteiger partial charge in [0, 0.05) is 38.1 Å². The van der Waals surface area contributed by atoms with E-state index in [2.05, 4.69) is 11.8 Å². The maximum atomic E-state index is 6.39. The smallest absolute Gasteiger partial charge is 0.170 e. The predicted molar refractivity (Wildman–Crippen MR) is 76.5 cm³/mol. The van der Waals surface area contributed by atoms with Gasteiger partial charge in [-0.15, -0.1) is 0 Å². The zero-order chi connectivity index (χ0) is 14.0. The molecule has 0 aromatic heterocycles. The Labute approximate surface area is 121 Å². The van der Waals surface area contributed by atoms with Gasteiger partial charge in [0.1, 0.15) is 0 Å². The van der Waals surface area contributed by atoms with Crippen molar-refractivity contribution < 1.29 is 14.2 Å². The molecule has 116 valence electrons. The number of likely N-dealkylation sites (N-methyl/N-ethyl adjacent to an activating group) is 1. The molecule has 1 spiro atoms. The Morgan fingerprint density at radius 3 is 2.65 bits per heavy atom. The van der Waals surface area contributed by atoms with Crippen LogP contribution in [0.3, 0.4) is 0 Å². The van der Waals surface area contributed by atoms with Gasteiger partial charge in [-0.05, 0) is 25.8 Å². The molecular formula is C15H28N2O3. The summed E-state index contributed by atoms with van der Waals surface area (Å²) in [4.78, 5) is 2.48. The van der Waals surface area contributed by atoms with Gasteiger partial charge >= 0.3 is 0 Å². The average Bonchev–Trinajstić information content (AvgIpc) is 3.12. The summed E-state index contributed by atoms with van der Waals surface area (Å²) >= 11 is 0. The SMILES string of the molecule is CCN(CC1CCCO1)C1CC2(CCC1N)OCCO2. The van der Waals surface area contributed by atoms with E-state index < -0.39 is 0 Å². The quantitative estimate of drug-likeness (QED) is 0.838. The normalized spacial score (nSPS) is 37.0. The topological polar surface area (TPSA) is 57.0 Å². The fourth-order valence-corrected chi connectivity index (χ4v) is 3.86. The van der Waals surface area contributed by atoms with Gasteiger partial charge in [-0.1, -0.05) is 6.92 Å². The van der Waals surface area contributed by atoms with E-state index in [4.69, 9.17) is 19.9 Å². The zero-order valence-electron chi connectivity index (χ0n) is 12.6. The first-order valence-electron chi connectivity index (χ1n) is 8.11. The molecule has 0 aromatic carbocycles. The standard InChI is InChI=1S/C15H28N2O3/c1-2-17(11-12-4-3-7-18-12)14-10-15(6-5-13(14)16)19-8-9-20-15/h12-14H,2-11,16H2,1H3. The van der Waals surface area contributed by atoms with Crippen LogP contribution in [0.2, 0.25) is 0 Å². The van der Waals surface area contributed by atoms with Crippen LogP contribution in [0.25, 0.3) is 0 Å². The molecule has 0 bridgehead atoms. The molecule has 3 aliphatic rings. The van der Waals surface area contributed by atoms with Crippen molar-refractivity contribution in [3.05, 3.63) is 0 Å². The maximum Gasteiger partial charge on any atom is 0.170 e. The molecule has 5 heteroatoms. The van der Waals surface area contributed by atoms with Crippen LogP contribution in [0.1, 0.15) is 39.0 Å². The summed E-state index contributed by atoms with van der Waals surface area (Å²) in [5.41, 5.74) is 6.39. The molecule has 2 aliphatic heterocycles. The summed E-state index contributed by atoms with van der Waals surface area (Å²) in [6, 6.07) is 0.561. The highest BCUT2D eigenvalue weighted by molar-refractivity contribution is 4.95. The molecule has 1 saturated carbocycles. The first-order valence-corrected chi connectivity index (χ1v) is 8.11. The van der Waals surface area contributed by atoms with Crippen molar-refractivity contribution in [1.29, 1.82) is 0 Å². The molecule has 5 nitrogen and oxygen atoms in total. The molecule has 1 aliphatic carbocycles. The summed E-state index contributed by atoms with van der Waals surface area (Å²) in [5, 5.41) is 0. The summed E-state index contributed by atoms with van der Waals surface area (Å²) < 4.78 is 17.6. The van der Waals surface area contributed by atoms with Crippen molar-refractivity contribution in [3.8, 4) is 0 Å². The van der Waals surface area contributed by atoms with Crippen LogP contribution in [-0.2, 0) is 14.2 Å². The van der Waals surface area contributed by atoms with Crippen molar-refractivity contribution in [2.75, 3.05) is 32.9 Å². The highest BCUT2D eigenvalue weighted by atomic mass is 16.7. The van der Waals surface area contributed by atoms with Crippen LogP contribution in [0.4, 0.5) is 0 Å². The van der Waals surface area contributed by atoms with Crippen LogP contribution >= 0.6 is 0 Å². The highest BCUT2D eigenvalue weighted by Gasteiger charge is 2.46. The maximum absolute atomic E-state index is 6.39. The second-order valence-corrected chi connectivity index (χ2v) is 6.30. The number of hydrogen-bond donors (Lipinski definition) is 1. The first kappa shape index (κ1) is 14.7. The molecule has 3 rings (SSSR count). The third-order valence-corrected chi connectivity index (χ3v) is 5.02. The van der Waals surface area contributed by atoms with Crippen molar-refractivity contribution in [1.82, 2.24) is 4.90 Å². The van der Waals surface area contributed by atoms with E-state index in [1.165, 1.54) is 12.8 Å². The van der Waals surface area contributed by atoms with E-state index in [9.17, 15) is 0 Å². The lowest BCUT2D eigenvalue weighted by molar-refractivity contribution is -0.192. The minimum Gasteiger partial charge on any atom is -0.377 e. The average molecular weight is 284 g/mol. The number of hydrogen-bond acceptors (Lipinski definition) is 5. The molecule has 2 saturated heterocycles. The van der Waals surface area contributed by atoms with Crippen LogP contribution in [0.5, 0.6) is 0 Å². The fourth-order valence-electron chi connectivity index (χ4n) is 3.86. The Kier molecular flexibility index (Phi) is 4.62. The van der Waals surface area contributed by atoms with E-state index in [0.29, 0.717) is 12.1 Å². The molecule has 3 unspecified atom stereocenters. The van der Waals surface area contributed by atoms with Crippen molar-refractivity contribution in [2.45, 2.75) is 63.0 Å². The van der Waals surface area contributed by atoms with E-state index in [0.717, 1.165) is 52.2 Å². The van der Waals surface area contributed by atoms with Crippen molar-refractivity contribution in [2.24, 2.45) is 5.73 Å². The molecule has 0 aromatic rings. The lowest BCUT2D eigenvalue weighted by Gasteiger charge is -2.45. The second-order valence-electron chi connectivity index (χ2n) is 6.30. The van der Waals surface area contributed by atoms with Gasteiger partial charge in [0.25, 0.3) is 0 Å². The van der Waals surface area contributed by atoms with Crippen molar-refractivity contribution >= 4 is 0 Å². The summed E-state index contributed by atoms with van der Waals surface area (Å²) in [5.74, 6) is -0.357. The van der Waals surface area contributed by atoms with Gasteiger partial charge < -0.3 is 19.9 Å². The molecular weight excluding hydrogens is 256 g/mol. The third kappa shape index (κ3) is 3.02. The fraction of sp³-hybridized carbons (Fsp3) is 1.00. The summed E-state index contributed by atoms with van der Waals surface area (Å²) in [6.45, 7) is 6.56. The second kappa shape index (κ2) is 6.28. The van der Waals surface area contributed by atoms with E-state index >= 15 is 0 Å². The third-order valence-electron chi connectivity index (χ3n) is 5.02. The lowest BCUT2D eigenvalue weighted by Crippen LogP contribution is -2.57. The number of ether oxygens (including phenoxy) is 3. The molecule has 3 atom stereocenters. The van der Waals surface area contributed by atoms with Crippen LogP contribution in [0.15, 0.2) is 0 Å².